The Hall–Kier alpha value is -3.66. The fourth-order valence-corrected chi connectivity index (χ4v) is 7.77. The number of hydrogen-bond donors (Lipinski definition) is 1. The minimum absolute atomic E-state index is 0.00275. The number of amides is 2. The molecular formula is C36H37BrClN3O4S. The summed E-state index contributed by atoms with van der Waals surface area (Å²) in [6, 6.07) is 30.7. The molecule has 1 atom stereocenters. The molecule has 0 heterocycles. The van der Waals surface area contributed by atoms with Gasteiger partial charge in [-0.1, -0.05) is 107 Å². The highest BCUT2D eigenvalue weighted by Gasteiger charge is 2.35. The van der Waals surface area contributed by atoms with Gasteiger partial charge in [-0.3, -0.25) is 13.9 Å². The van der Waals surface area contributed by atoms with Gasteiger partial charge < -0.3 is 10.2 Å². The molecule has 10 heteroatoms. The minimum atomic E-state index is -4.19. The zero-order valence-electron chi connectivity index (χ0n) is 25.4. The maximum absolute atomic E-state index is 14.6. The summed E-state index contributed by atoms with van der Waals surface area (Å²) in [5.74, 6) is -0.744. The molecule has 4 aromatic carbocycles. The first kappa shape index (κ1) is 33.7. The molecule has 1 aliphatic carbocycles. The molecule has 7 nitrogen and oxygen atoms in total. The van der Waals surface area contributed by atoms with E-state index in [0.717, 1.165) is 52.0 Å². The van der Waals surface area contributed by atoms with E-state index in [-0.39, 0.29) is 29.8 Å². The summed E-state index contributed by atoms with van der Waals surface area (Å²) in [5, 5.41) is 3.63. The normalized spacial score (nSPS) is 14.3. The number of para-hydroxylation sites is 1. The zero-order valence-corrected chi connectivity index (χ0v) is 28.6. The van der Waals surface area contributed by atoms with Gasteiger partial charge in [-0.2, -0.15) is 0 Å². The van der Waals surface area contributed by atoms with Crippen molar-refractivity contribution in [3.63, 3.8) is 0 Å². The third-order valence-corrected chi connectivity index (χ3v) is 10.7. The van der Waals surface area contributed by atoms with E-state index >= 15 is 0 Å². The van der Waals surface area contributed by atoms with E-state index in [0.29, 0.717) is 10.7 Å². The molecule has 1 aliphatic rings. The van der Waals surface area contributed by atoms with Gasteiger partial charge in [0, 0.05) is 28.5 Å². The minimum Gasteiger partial charge on any atom is -0.352 e. The number of nitrogens with zero attached hydrogens (tertiary/aromatic N) is 2. The van der Waals surface area contributed by atoms with E-state index in [4.69, 9.17) is 11.6 Å². The van der Waals surface area contributed by atoms with Gasteiger partial charge in [0.05, 0.1) is 10.6 Å². The summed E-state index contributed by atoms with van der Waals surface area (Å²) in [6.07, 6.45) is 5.29. The summed E-state index contributed by atoms with van der Waals surface area (Å²) < 4.78 is 30.1. The molecule has 2 amide bonds. The second kappa shape index (κ2) is 15.8. The van der Waals surface area contributed by atoms with Crippen LogP contribution in [0.5, 0.6) is 0 Å². The van der Waals surface area contributed by atoms with Crippen molar-refractivity contribution < 1.29 is 18.0 Å². The van der Waals surface area contributed by atoms with Crippen molar-refractivity contribution >= 4 is 55.1 Å². The third kappa shape index (κ3) is 8.78. The van der Waals surface area contributed by atoms with Crippen LogP contribution in [0.2, 0.25) is 5.02 Å². The van der Waals surface area contributed by atoms with Crippen LogP contribution in [-0.4, -0.2) is 43.8 Å². The molecular weight excluding hydrogens is 686 g/mol. The molecule has 0 aliphatic heterocycles. The smallest absolute Gasteiger partial charge is 0.264 e. The van der Waals surface area contributed by atoms with Crippen molar-refractivity contribution in [2.75, 3.05) is 10.8 Å². The molecule has 1 N–H and O–H groups in total. The third-order valence-electron chi connectivity index (χ3n) is 8.19. The number of carbonyl (C=O) groups is 2. The molecule has 46 heavy (non-hydrogen) atoms. The van der Waals surface area contributed by atoms with Gasteiger partial charge in [-0.05, 0) is 72.5 Å². The monoisotopic (exact) mass is 721 g/mol. The average Bonchev–Trinajstić information content (AvgIpc) is 3.06. The van der Waals surface area contributed by atoms with E-state index in [1.54, 1.807) is 30.3 Å². The quantitative estimate of drug-likeness (QED) is 0.165. The second-order valence-electron chi connectivity index (χ2n) is 11.5. The number of benzene rings is 4. The lowest BCUT2D eigenvalue weighted by Crippen LogP contribution is -2.55. The standard InChI is InChI=1S/C36H37BrClN3O4S/c37-29-14-10-13-28(23-29)25-40(34(24-27-11-4-1-5-12-27)36(43)39-31-15-6-2-7-16-31)35(42)26-41(32-17-8-3-9-18-32)46(44,45)33-21-19-30(38)20-22-33/h1,3-5,8-14,17-23,31,34H,2,6-7,15-16,24-26H2,(H,39,43)/t34-/m1/s1. The van der Waals surface area contributed by atoms with E-state index < -0.39 is 28.5 Å². The summed E-state index contributed by atoms with van der Waals surface area (Å²) >= 11 is 9.59. The predicted octanol–water partition coefficient (Wildman–Crippen LogP) is 7.39. The molecule has 0 spiro atoms. The topological polar surface area (TPSA) is 86.8 Å². The first-order valence-corrected chi connectivity index (χ1v) is 18.0. The second-order valence-corrected chi connectivity index (χ2v) is 14.7. The number of carbonyl (C=O) groups excluding carboxylic acids is 2. The van der Waals surface area contributed by atoms with E-state index in [2.05, 4.69) is 21.2 Å². The highest BCUT2D eigenvalue weighted by molar-refractivity contribution is 9.10. The maximum atomic E-state index is 14.6. The van der Waals surface area contributed by atoms with Crippen molar-refractivity contribution in [3.8, 4) is 0 Å². The molecule has 1 saturated carbocycles. The highest BCUT2D eigenvalue weighted by Crippen LogP contribution is 2.26. The Bertz CT molecular complexity index is 1720. The number of nitrogens with one attached hydrogen (secondary N) is 1. The lowest BCUT2D eigenvalue weighted by Gasteiger charge is -2.35. The Labute approximate surface area is 284 Å². The van der Waals surface area contributed by atoms with Crippen molar-refractivity contribution in [2.45, 2.75) is 62.0 Å². The lowest BCUT2D eigenvalue weighted by molar-refractivity contribution is -0.140. The fourth-order valence-electron chi connectivity index (χ4n) is 5.79. The Balaban J connectivity index is 1.55. The van der Waals surface area contributed by atoms with Crippen LogP contribution in [0.25, 0.3) is 0 Å². The summed E-state index contributed by atoms with van der Waals surface area (Å²) in [4.78, 5) is 30.3. The van der Waals surface area contributed by atoms with Gasteiger partial charge in [-0.15, -0.1) is 0 Å². The molecule has 5 rings (SSSR count). The SMILES string of the molecule is O=C(NC1CCCCC1)[C@@H](Cc1ccccc1)N(Cc1cccc(Br)c1)C(=O)CN(c1ccccc1)S(=O)(=O)c1ccc(Cl)cc1. The largest absolute Gasteiger partial charge is 0.352 e. The summed E-state index contributed by atoms with van der Waals surface area (Å²) in [6.45, 7) is -0.400. The Morgan fingerprint density at radius 2 is 1.46 bits per heavy atom. The predicted molar refractivity (Wildman–Crippen MR) is 186 cm³/mol. The van der Waals surface area contributed by atoms with Gasteiger partial charge in [0.15, 0.2) is 0 Å². The molecule has 0 radical (unpaired) electrons. The van der Waals surface area contributed by atoms with Crippen LogP contribution in [-0.2, 0) is 32.6 Å². The molecule has 1 fully saturated rings. The number of rotatable bonds is 12. The highest BCUT2D eigenvalue weighted by atomic mass is 79.9. The van der Waals surface area contributed by atoms with Crippen LogP contribution < -0.4 is 9.62 Å². The van der Waals surface area contributed by atoms with E-state index in [9.17, 15) is 18.0 Å². The summed E-state index contributed by atoms with van der Waals surface area (Å²) in [7, 11) is -4.19. The van der Waals surface area contributed by atoms with Gasteiger partial charge in [0.1, 0.15) is 12.6 Å². The van der Waals surface area contributed by atoms with Crippen molar-refractivity contribution in [1.29, 1.82) is 0 Å². The molecule has 4 aromatic rings. The first-order chi connectivity index (χ1) is 22.2. The number of halogens is 2. The Morgan fingerprint density at radius 3 is 2.11 bits per heavy atom. The Morgan fingerprint density at radius 1 is 0.826 bits per heavy atom. The van der Waals surface area contributed by atoms with Gasteiger partial charge in [-0.25, -0.2) is 8.42 Å². The number of anilines is 1. The molecule has 0 saturated heterocycles. The van der Waals surface area contributed by atoms with E-state index in [1.807, 2.05) is 54.6 Å². The number of sulfonamides is 1. The molecule has 0 aromatic heterocycles. The van der Waals surface area contributed by atoms with Crippen molar-refractivity contribution in [1.82, 2.24) is 10.2 Å². The molecule has 0 bridgehead atoms. The average molecular weight is 723 g/mol. The Kier molecular flexibility index (Phi) is 11.5. The van der Waals surface area contributed by atoms with Crippen LogP contribution in [0, 0.1) is 0 Å². The molecule has 0 unspecified atom stereocenters. The van der Waals surface area contributed by atoms with Crippen molar-refractivity contribution in [2.24, 2.45) is 0 Å². The summed E-state index contributed by atoms with van der Waals surface area (Å²) in [5.41, 5.74) is 2.03. The first-order valence-electron chi connectivity index (χ1n) is 15.4. The van der Waals surface area contributed by atoms with Crippen LogP contribution in [0.15, 0.2) is 119 Å². The maximum Gasteiger partial charge on any atom is 0.264 e. The van der Waals surface area contributed by atoms with Gasteiger partial charge in [0.25, 0.3) is 10.0 Å². The number of hydrogen-bond acceptors (Lipinski definition) is 4. The van der Waals surface area contributed by atoms with Crippen LogP contribution in [0.4, 0.5) is 5.69 Å². The molecule has 240 valence electrons. The van der Waals surface area contributed by atoms with Gasteiger partial charge >= 0.3 is 0 Å². The fraction of sp³-hybridized carbons (Fsp3) is 0.278. The lowest BCUT2D eigenvalue weighted by atomic mass is 9.94. The van der Waals surface area contributed by atoms with Crippen LogP contribution >= 0.6 is 27.5 Å². The van der Waals surface area contributed by atoms with Crippen LogP contribution in [0.1, 0.15) is 43.2 Å². The van der Waals surface area contributed by atoms with Crippen molar-refractivity contribution in [3.05, 3.63) is 130 Å². The zero-order chi connectivity index (χ0) is 32.5. The van der Waals surface area contributed by atoms with Gasteiger partial charge in [0.2, 0.25) is 11.8 Å². The van der Waals surface area contributed by atoms with Crippen LogP contribution in [0.3, 0.4) is 0 Å². The van der Waals surface area contributed by atoms with E-state index in [1.165, 1.54) is 29.2 Å².